The van der Waals surface area contributed by atoms with Crippen molar-refractivity contribution in [2.45, 2.75) is 43.2 Å². The molecule has 1 aliphatic rings. The van der Waals surface area contributed by atoms with Crippen LogP contribution in [0.5, 0.6) is 5.75 Å². The Balaban J connectivity index is 1.52. The van der Waals surface area contributed by atoms with Crippen molar-refractivity contribution >= 4 is 39.3 Å². The number of thioether (sulfide) groups is 1. The largest absolute Gasteiger partial charge is 0.497 e. The molecule has 28 heavy (non-hydrogen) atoms. The van der Waals surface area contributed by atoms with Gasteiger partial charge in [0.1, 0.15) is 28.0 Å². The first-order valence-electron chi connectivity index (χ1n) is 9.43. The molecule has 5 nitrogen and oxygen atoms in total. The number of carbonyl (C=O) groups excluding carboxylic acids is 1. The molecule has 1 aromatic carbocycles. The summed E-state index contributed by atoms with van der Waals surface area (Å²) in [5.74, 6) is 0.921. The topological polar surface area (TPSA) is 61.3 Å². The first kappa shape index (κ1) is 19.2. The van der Waals surface area contributed by atoms with Gasteiger partial charge in [0.25, 0.3) is 0 Å². The number of fused-ring (bicyclic) bond motifs is 1. The zero-order valence-corrected chi connectivity index (χ0v) is 17.4. The van der Waals surface area contributed by atoms with Crippen LogP contribution in [0.25, 0.3) is 21.3 Å². The molecule has 146 valence electrons. The number of aromatic nitrogens is 2. The zero-order chi connectivity index (χ0) is 19.3. The first-order chi connectivity index (χ1) is 13.7. The Morgan fingerprint density at radius 3 is 2.71 bits per heavy atom. The number of hydrogen-bond acceptors (Lipinski definition) is 7. The van der Waals surface area contributed by atoms with Gasteiger partial charge in [-0.2, -0.15) is 0 Å². The molecule has 0 radical (unpaired) electrons. The molecule has 1 saturated carbocycles. The second-order valence-electron chi connectivity index (χ2n) is 6.78. The van der Waals surface area contributed by atoms with E-state index in [-0.39, 0.29) is 17.8 Å². The molecule has 1 fully saturated rings. The Labute approximate surface area is 172 Å². The molecule has 2 aromatic heterocycles. The Hall–Kier alpha value is -2.12. The van der Waals surface area contributed by atoms with Gasteiger partial charge in [-0.1, -0.05) is 30.3 Å². The van der Waals surface area contributed by atoms with Crippen molar-refractivity contribution in [1.82, 2.24) is 9.97 Å². The summed E-state index contributed by atoms with van der Waals surface area (Å²) in [5.41, 5.74) is 2.15. The molecule has 0 spiro atoms. The molecule has 7 heteroatoms. The summed E-state index contributed by atoms with van der Waals surface area (Å²) in [5, 5.41) is 3.90. The van der Waals surface area contributed by atoms with Gasteiger partial charge in [0, 0.05) is 10.9 Å². The molecular formula is C21H22N2O3S2. The van der Waals surface area contributed by atoms with Crippen molar-refractivity contribution in [1.29, 1.82) is 0 Å². The van der Waals surface area contributed by atoms with Crippen LogP contribution in [0, 0.1) is 0 Å². The van der Waals surface area contributed by atoms with Crippen molar-refractivity contribution in [3.8, 4) is 16.9 Å². The van der Waals surface area contributed by atoms with E-state index in [0.717, 1.165) is 57.8 Å². The van der Waals surface area contributed by atoms with Gasteiger partial charge in [-0.25, -0.2) is 9.97 Å². The highest BCUT2D eigenvalue weighted by atomic mass is 32.2. The molecule has 2 heterocycles. The molecule has 4 rings (SSSR count). The Morgan fingerprint density at radius 2 is 1.96 bits per heavy atom. The maximum Gasteiger partial charge on any atom is 0.316 e. The molecule has 1 aliphatic carbocycles. The maximum absolute atomic E-state index is 12.3. The number of nitrogens with zero attached hydrogens (tertiary/aromatic N) is 2. The van der Waals surface area contributed by atoms with Crippen molar-refractivity contribution < 1.29 is 14.3 Å². The summed E-state index contributed by atoms with van der Waals surface area (Å²) < 4.78 is 10.9. The summed E-state index contributed by atoms with van der Waals surface area (Å²) in [6.07, 6.45) is 7.17. The van der Waals surface area contributed by atoms with Gasteiger partial charge in [0.2, 0.25) is 0 Å². The SMILES string of the molecule is COc1ccc(-c2csc3ncnc(SCC(=O)OC4CCCCC4)c23)cc1. The molecule has 0 saturated heterocycles. The van der Waals surface area contributed by atoms with E-state index in [1.54, 1.807) is 24.8 Å². The van der Waals surface area contributed by atoms with Crippen LogP contribution in [0.15, 0.2) is 41.0 Å². The lowest BCUT2D eigenvalue weighted by Gasteiger charge is -2.21. The molecule has 3 aromatic rings. The third kappa shape index (κ3) is 4.31. The summed E-state index contributed by atoms with van der Waals surface area (Å²) >= 11 is 3.01. The van der Waals surface area contributed by atoms with E-state index in [0.29, 0.717) is 0 Å². The lowest BCUT2D eigenvalue weighted by atomic mass is 9.98. The summed E-state index contributed by atoms with van der Waals surface area (Å²) in [6, 6.07) is 7.94. The van der Waals surface area contributed by atoms with Gasteiger partial charge < -0.3 is 9.47 Å². The van der Waals surface area contributed by atoms with Gasteiger partial charge in [0.15, 0.2) is 0 Å². The number of hydrogen-bond donors (Lipinski definition) is 0. The number of methoxy groups -OCH3 is 1. The van der Waals surface area contributed by atoms with Crippen LogP contribution >= 0.6 is 23.1 Å². The van der Waals surface area contributed by atoms with E-state index in [2.05, 4.69) is 15.3 Å². The summed E-state index contributed by atoms with van der Waals surface area (Å²) in [6.45, 7) is 0. The Morgan fingerprint density at radius 1 is 1.18 bits per heavy atom. The van der Waals surface area contributed by atoms with Crippen LogP contribution in [-0.2, 0) is 9.53 Å². The van der Waals surface area contributed by atoms with Crippen molar-refractivity contribution in [3.63, 3.8) is 0 Å². The average Bonchev–Trinajstić information content (AvgIpc) is 3.18. The molecular weight excluding hydrogens is 392 g/mol. The highest BCUT2D eigenvalue weighted by molar-refractivity contribution is 8.00. The maximum atomic E-state index is 12.3. The van der Waals surface area contributed by atoms with Crippen LogP contribution in [0.2, 0.25) is 0 Å². The van der Waals surface area contributed by atoms with Crippen LogP contribution < -0.4 is 4.74 Å². The average molecular weight is 415 g/mol. The normalized spacial score (nSPS) is 14.9. The standard InChI is InChI=1S/C21H22N2O3S2/c1-25-15-9-7-14(8-10-15)17-11-27-20-19(17)21(23-13-22-20)28-12-18(24)26-16-5-3-2-4-6-16/h7-11,13,16H,2-6,12H2,1H3. The number of benzene rings is 1. The fraction of sp³-hybridized carbons (Fsp3) is 0.381. The molecule has 0 N–H and O–H groups in total. The van der Waals surface area contributed by atoms with Crippen molar-refractivity contribution in [3.05, 3.63) is 36.0 Å². The smallest absolute Gasteiger partial charge is 0.316 e. The number of ether oxygens (including phenoxy) is 2. The van der Waals surface area contributed by atoms with E-state index in [4.69, 9.17) is 9.47 Å². The first-order valence-corrected chi connectivity index (χ1v) is 11.3. The van der Waals surface area contributed by atoms with Crippen LogP contribution in [0.4, 0.5) is 0 Å². The van der Waals surface area contributed by atoms with Crippen LogP contribution in [0.1, 0.15) is 32.1 Å². The lowest BCUT2D eigenvalue weighted by molar-refractivity contribution is -0.147. The second-order valence-corrected chi connectivity index (χ2v) is 8.60. The molecule has 0 unspecified atom stereocenters. The number of thiophene rings is 1. The second kappa shape index (κ2) is 8.92. The Bertz CT molecular complexity index is 950. The minimum Gasteiger partial charge on any atom is -0.497 e. The summed E-state index contributed by atoms with van der Waals surface area (Å²) in [7, 11) is 1.66. The minimum atomic E-state index is -0.162. The fourth-order valence-electron chi connectivity index (χ4n) is 3.47. The number of carbonyl (C=O) groups is 1. The van der Waals surface area contributed by atoms with E-state index in [1.165, 1.54) is 18.2 Å². The third-order valence-electron chi connectivity index (χ3n) is 4.91. The third-order valence-corrected chi connectivity index (χ3v) is 6.76. The molecule has 0 aliphatic heterocycles. The minimum absolute atomic E-state index is 0.0864. The van der Waals surface area contributed by atoms with Gasteiger partial charge in [-0.05, 0) is 43.4 Å². The van der Waals surface area contributed by atoms with Crippen molar-refractivity contribution in [2.24, 2.45) is 0 Å². The van der Waals surface area contributed by atoms with Gasteiger partial charge in [0.05, 0.1) is 18.2 Å². The number of rotatable bonds is 6. The van der Waals surface area contributed by atoms with E-state index in [1.807, 2.05) is 24.3 Å². The fourth-order valence-corrected chi connectivity index (χ4v) is 5.25. The highest BCUT2D eigenvalue weighted by Gasteiger charge is 2.19. The van der Waals surface area contributed by atoms with Gasteiger partial charge >= 0.3 is 5.97 Å². The van der Waals surface area contributed by atoms with Crippen molar-refractivity contribution in [2.75, 3.05) is 12.9 Å². The molecule has 0 amide bonds. The van der Waals surface area contributed by atoms with Crippen LogP contribution in [0.3, 0.4) is 0 Å². The predicted molar refractivity (Wildman–Crippen MR) is 113 cm³/mol. The lowest BCUT2D eigenvalue weighted by Crippen LogP contribution is -2.21. The number of esters is 1. The Kier molecular flexibility index (Phi) is 6.12. The van der Waals surface area contributed by atoms with E-state index < -0.39 is 0 Å². The zero-order valence-electron chi connectivity index (χ0n) is 15.7. The van der Waals surface area contributed by atoms with Gasteiger partial charge in [-0.15, -0.1) is 11.3 Å². The van der Waals surface area contributed by atoms with E-state index in [9.17, 15) is 4.79 Å². The van der Waals surface area contributed by atoms with Gasteiger partial charge in [-0.3, -0.25) is 4.79 Å². The predicted octanol–water partition coefficient (Wildman–Crippen LogP) is 5.33. The van der Waals surface area contributed by atoms with E-state index >= 15 is 0 Å². The molecule has 0 bridgehead atoms. The monoisotopic (exact) mass is 414 g/mol. The van der Waals surface area contributed by atoms with Crippen LogP contribution in [-0.4, -0.2) is 34.9 Å². The molecule has 0 atom stereocenters. The quantitative estimate of drug-likeness (QED) is 0.308. The summed E-state index contributed by atoms with van der Waals surface area (Å²) in [4.78, 5) is 22.0. The highest BCUT2D eigenvalue weighted by Crippen LogP contribution is 2.38.